The second-order valence-corrected chi connectivity index (χ2v) is 5.25. The summed E-state index contributed by atoms with van der Waals surface area (Å²) in [4.78, 5) is 11.7. The van der Waals surface area contributed by atoms with Gasteiger partial charge in [-0.2, -0.15) is 0 Å². The van der Waals surface area contributed by atoms with E-state index in [1.54, 1.807) is 14.2 Å². The molecule has 0 fully saturated rings. The fraction of sp³-hybridized carbons (Fsp3) is 0.562. The first-order chi connectivity index (χ1) is 9.55. The van der Waals surface area contributed by atoms with Crippen molar-refractivity contribution in [3.63, 3.8) is 0 Å². The van der Waals surface area contributed by atoms with Crippen molar-refractivity contribution in [1.82, 2.24) is 5.32 Å². The standard InChI is InChI=1S/C16H25NO3/c1-12(2)7-8-17-16(18)6-5-13-9-14(19-3)11-15(10-13)20-4/h9-12H,5-8H2,1-4H3,(H,17,18). The fourth-order valence-corrected chi connectivity index (χ4v) is 1.86. The molecule has 1 amide bonds. The zero-order valence-corrected chi connectivity index (χ0v) is 12.9. The molecule has 0 radical (unpaired) electrons. The van der Waals surface area contributed by atoms with Gasteiger partial charge in [0.1, 0.15) is 11.5 Å². The van der Waals surface area contributed by atoms with Crippen LogP contribution < -0.4 is 14.8 Å². The van der Waals surface area contributed by atoms with Crippen molar-refractivity contribution >= 4 is 5.91 Å². The second kappa shape index (κ2) is 8.46. The number of hydrogen-bond acceptors (Lipinski definition) is 3. The van der Waals surface area contributed by atoms with Gasteiger partial charge in [0.15, 0.2) is 0 Å². The summed E-state index contributed by atoms with van der Waals surface area (Å²) in [5, 5.41) is 2.94. The van der Waals surface area contributed by atoms with E-state index in [1.165, 1.54) is 0 Å². The predicted octanol–water partition coefficient (Wildman–Crippen LogP) is 2.80. The summed E-state index contributed by atoms with van der Waals surface area (Å²) in [5.74, 6) is 2.20. The summed E-state index contributed by atoms with van der Waals surface area (Å²) >= 11 is 0. The topological polar surface area (TPSA) is 47.6 Å². The molecule has 1 rings (SSSR count). The number of aryl methyl sites for hydroxylation is 1. The number of carbonyl (C=O) groups excluding carboxylic acids is 1. The van der Waals surface area contributed by atoms with Gasteiger partial charge in [-0.25, -0.2) is 0 Å². The minimum Gasteiger partial charge on any atom is -0.497 e. The van der Waals surface area contributed by atoms with E-state index in [0.29, 0.717) is 18.8 Å². The normalized spacial score (nSPS) is 10.4. The molecule has 0 atom stereocenters. The number of ether oxygens (including phenoxy) is 2. The van der Waals surface area contributed by atoms with Crippen molar-refractivity contribution in [1.29, 1.82) is 0 Å². The van der Waals surface area contributed by atoms with Crippen LogP contribution in [0.5, 0.6) is 11.5 Å². The van der Waals surface area contributed by atoms with Gasteiger partial charge in [0.05, 0.1) is 14.2 Å². The van der Waals surface area contributed by atoms with Crippen LogP contribution in [0.25, 0.3) is 0 Å². The van der Waals surface area contributed by atoms with Crippen LogP contribution >= 0.6 is 0 Å². The van der Waals surface area contributed by atoms with Gasteiger partial charge in [0.2, 0.25) is 5.91 Å². The average molecular weight is 279 g/mol. The van der Waals surface area contributed by atoms with Crippen LogP contribution in [0.4, 0.5) is 0 Å². The molecule has 0 aliphatic carbocycles. The van der Waals surface area contributed by atoms with Gasteiger partial charge in [0.25, 0.3) is 0 Å². The van der Waals surface area contributed by atoms with Crippen molar-refractivity contribution < 1.29 is 14.3 Å². The highest BCUT2D eigenvalue weighted by Crippen LogP contribution is 2.23. The summed E-state index contributed by atoms with van der Waals surface area (Å²) in [6.45, 7) is 5.04. The van der Waals surface area contributed by atoms with Gasteiger partial charge < -0.3 is 14.8 Å². The van der Waals surface area contributed by atoms with Gasteiger partial charge in [-0.1, -0.05) is 13.8 Å². The highest BCUT2D eigenvalue weighted by Gasteiger charge is 2.06. The number of rotatable bonds is 8. The van der Waals surface area contributed by atoms with Crippen molar-refractivity contribution in [3.8, 4) is 11.5 Å². The molecule has 0 heterocycles. The Morgan fingerprint density at radius 1 is 1.15 bits per heavy atom. The van der Waals surface area contributed by atoms with Gasteiger partial charge in [0, 0.05) is 19.0 Å². The number of nitrogens with one attached hydrogen (secondary N) is 1. The van der Waals surface area contributed by atoms with Crippen LogP contribution in [-0.4, -0.2) is 26.7 Å². The maximum atomic E-state index is 11.7. The van der Waals surface area contributed by atoms with E-state index in [1.807, 2.05) is 18.2 Å². The predicted molar refractivity (Wildman–Crippen MR) is 80.3 cm³/mol. The molecule has 4 heteroatoms. The number of methoxy groups -OCH3 is 2. The first kappa shape index (κ1) is 16.3. The van der Waals surface area contributed by atoms with Crippen molar-refractivity contribution in [2.24, 2.45) is 5.92 Å². The Bertz CT molecular complexity index is 407. The lowest BCUT2D eigenvalue weighted by Crippen LogP contribution is -2.25. The van der Waals surface area contributed by atoms with E-state index in [0.717, 1.165) is 30.0 Å². The van der Waals surface area contributed by atoms with Gasteiger partial charge >= 0.3 is 0 Å². The van der Waals surface area contributed by atoms with E-state index in [4.69, 9.17) is 9.47 Å². The summed E-state index contributed by atoms with van der Waals surface area (Å²) in [6, 6.07) is 5.69. The highest BCUT2D eigenvalue weighted by molar-refractivity contribution is 5.76. The number of amides is 1. The lowest BCUT2D eigenvalue weighted by molar-refractivity contribution is -0.121. The lowest BCUT2D eigenvalue weighted by Gasteiger charge is -2.09. The molecule has 0 aliphatic rings. The average Bonchev–Trinajstić information content (AvgIpc) is 2.44. The smallest absolute Gasteiger partial charge is 0.220 e. The lowest BCUT2D eigenvalue weighted by atomic mass is 10.1. The SMILES string of the molecule is COc1cc(CCC(=O)NCCC(C)C)cc(OC)c1. The zero-order chi connectivity index (χ0) is 15.0. The van der Waals surface area contributed by atoms with Crippen LogP contribution in [0.15, 0.2) is 18.2 Å². The molecule has 4 nitrogen and oxygen atoms in total. The van der Waals surface area contributed by atoms with Crippen molar-refractivity contribution in [3.05, 3.63) is 23.8 Å². The van der Waals surface area contributed by atoms with Crippen molar-refractivity contribution in [2.75, 3.05) is 20.8 Å². The molecular weight excluding hydrogens is 254 g/mol. The molecule has 0 saturated carbocycles. The largest absolute Gasteiger partial charge is 0.497 e. The van der Waals surface area contributed by atoms with Crippen LogP contribution in [0.3, 0.4) is 0 Å². The summed E-state index contributed by atoms with van der Waals surface area (Å²) in [5.41, 5.74) is 1.04. The molecule has 20 heavy (non-hydrogen) atoms. The molecule has 0 saturated heterocycles. The van der Waals surface area contributed by atoms with E-state index >= 15 is 0 Å². The fourth-order valence-electron chi connectivity index (χ4n) is 1.86. The quantitative estimate of drug-likeness (QED) is 0.796. The summed E-state index contributed by atoms with van der Waals surface area (Å²) in [7, 11) is 3.24. The van der Waals surface area contributed by atoms with Crippen LogP contribution in [-0.2, 0) is 11.2 Å². The monoisotopic (exact) mass is 279 g/mol. The molecule has 0 spiro atoms. The van der Waals surface area contributed by atoms with E-state index in [2.05, 4.69) is 19.2 Å². The van der Waals surface area contributed by atoms with E-state index < -0.39 is 0 Å². The Morgan fingerprint density at radius 3 is 2.25 bits per heavy atom. The number of hydrogen-bond donors (Lipinski definition) is 1. The minimum atomic E-state index is 0.0902. The van der Waals surface area contributed by atoms with Gasteiger partial charge in [-0.3, -0.25) is 4.79 Å². The Balaban J connectivity index is 2.46. The number of benzene rings is 1. The first-order valence-corrected chi connectivity index (χ1v) is 7.03. The molecule has 0 bridgehead atoms. The van der Waals surface area contributed by atoms with Crippen LogP contribution in [0, 0.1) is 5.92 Å². The minimum absolute atomic E-state index is 0.0902. The Hall–Kier alpha value is -1.71. The molecule has 112 valence electrons. The third-order valence-electron chi connectivity index (χ3n) is 3.10. The van der Waals surface area contributed by atoms with E-state index in [9.17, 15) is 4.79 Å². The Morgan fingerprint density at radius 2 is 1.75 bits per heavy atom. The summed E-state index contributed by atoms with van der Waals surface area (Å²) in [6.07, 6.45) is 2.17. The molecular formula is C16H25NO3. The highest BCUT2D eigenvalue weighted by atomic mass is 16.5. The van der Waals surface area contributed by atoms with Gasteiger partial charge in [-0.05, 0) is 36.5 Å². The maximum absolute atomic E-state index is 11.7. The molecule has 1 N–H and O–H groups in total. The molecule has 1 aromatic rings. The molecule has 0 aliphatic heterocycles. The van der Waals surface area contributed by atoms with Crippen LogP contribution in [0.2, 0.25) is 0 Å². The Labute approximate surface area is 121 Å². The number of carbonyl (C=O) groups is 1. The molecule has 0 aromatic heterocycles. The molecule has 1 aromatic carbocycles. The van der Waals surface area contributed by atoms with Crippen LogP contribution in [0.1, 0.15) is 32.3 Å². The van der Waals surface area contributed by atoms with Crippen molar-refractivity contribution in [2.45, 2.75) is 33.1 Å². The molecule has 0 unspecified atom stereocenters. The second-order valence-electron chi connectivity index (χ2n) is 5.25. The zero-order valence-electron chi connectivity index (χ0n) is 12.9. The Kier molecular flexibility index (Phi) is 6.91. The third-order valence-corrected chi connectivity index (χ3v) is 3.10. The van der Waals surface area contributed by atoms with E-state index in [-0.39, 0.29) is 5.91 Å². The third kappa shape index (κ3) is 5.95. The summed E-state index contributed by atoms with van der Waals surface area (Å²) < 4.78 is 10.4. The van der Waals surface area contributed by atoms with Gasteiger partial charge in [-0.15, -0.1) is 0 Å². The maximum Gasteiger partial charge on any atom is 0.220 e. The first-order valence-electron chi connectivity index (χ1n) is 7.03.